The van der Waals surface area contributed by atoms with Crippen LogP contribution >= 0.6 is 23.2 Å². The molecule has 152 valence electrons. The Morgan fingerprint density at radius 3 is 2.44 bits per heavy atom. The Morgan fingerprint density at radius 2 is 1.89 bits per heavy atom. The van der Waals surface area contributed by atoms with Crippen molar-refractivity contribution in [1.29, 1.82) is 0 Å². The third-order valence-corrected chi connectivity index (χ3v) is 6.85. The average Bonchev–Trinajstić information content (AvgIpc) is 2.56. The molecule has 0 N–H and O–H groups in total. The van der Waals surface area contributed by atoms with Crippen molar-refractivity contribution in [1.82, 2.24) is 9.21 Å². The first-order valence-electron chi connectivity index (χ1n) is 8.77. The lowest BCUT2D eigenvalue weighted by Crippen LogP contribution is -2.51. The zero-order valence-corrected chi connectivity index (χ0v) is 18.4. The summed E-state index contributed by atoms with van der Waals surface area (Å²) in [5.74, 6) is -0.269. The maximum absolute atomic E-state index is 12.9. The van der Waals surface area contributed by atoms with Crippen LogP contribution in [0.5, 0.6) is 0 Å². The molecule has 6 nitrogen and oxygen atoms in total. The first-order chi connectivity index (χ1) is 12.4. The molecule has 0 bridgehead atoms. The molecule has 9 heteroatoms. The number of likely N-dealkylation sites (N-methyl/N-ethyl adjacent to an activating group) is 1. The van der Waals surface area contributed by atoms with Gasteiger partial charge in [-0.3, -0.25) is 0 Å². The largest absolute Gasteiger partial charge is 0.444 e. The quantitative estimate of drug-likeness (QED) is 0.710. The van der Waals surface area contributed by atoms with Crippen molar-refractivity contribution in [3.63, 3.8) is 0 Å². The van der Waals surface area contributed by atoms with Crippen LogP contribution in [0.25, 0.3) is 0 Å². The van der Waals surface area contributed by atoms with Crippen LogP contribution in [0, 0.1) is 0 Å². The second kappa shape index (κ2) is 8.55. The van der Waals surface area contributed by atoms with Gasteiger partial charge in [0, 0.05) is 41.8 Å². The minimum atomic E-state index is -3.62. The summed E-state index contributed by atoms with van der Waals surface area (Å²) in [6.07, 6.45) is 0.919. The van der Waals surface area contributed by atoms with Crippen molar-refractivity contribution in [3.8, 4) is 0 Å². The van der Waals surface area contributed by atoms with Crippen molar-refractivity contribution in [2.45, 2.75) is 51.0 Å². The molecule has 1 amide bonds. The average molecular weight is 437 g/mol. The van der Waals surface area contributed by atoms with Gasteiger partial charge in [0.15, 0.2) is 0 Å². The highest BCUT2D eigenvalue weighted by Crippen LogP contribution is 2.28. The highest BCUT2D eigenvalue weighted by Gasteiger charge is 2.34. The van der Waals surface area contributed by atoms with Gasteiger partial charge >= 0.3 is 6.09 Å². The van der Waals surface area contributed by atoms with E-state index in [2.05, 4.69) is 0 Å². The minimum absolute atomic E-state index is 0.222. The number of amides is 1. The van der Waals surface area contributed by atoms with Crippen LogP contribution < -0.4 is 0 Å². The Balaban J connectivity index is 2.11. The first-order valence-corrected chi connectivity index (χ1v) is 11.1. The molecule has 0 saturated carbocycles. The summed E-state index contributed by atoms with van der Waals surface area (Å²) in [6.45, 7) is 6.01. The van der Waals surface area contributed by atoms with E-state index in [9.17, 15) is 13.2 Å². The lowest BCUT2D eigenvalue weighted by Gasteiger charge is -2.37. The fraction of sp³-hybridized carbons (Fsp3) is 0.611. The van der Waals surface area contributed by atoms with Crippen LogP contribution in [0.4, 0.5) is 4.79 Å². The second-order valence-corrected chi connectivity index (χ2v) is 10.5. The number of halogens is 2. The lowest BCUT2D eigenvalue weighted by atomic mass is 10.1. The fourth-order valence-electron chi connectivity index (χ4n) is 2.92. The van der Waals surface area contributed by atoms with Crippen LogP contribution in [-0.2, 0) is 20.5 Å². The van der Waals surface area contributed by atoms with Crippen LogP contribution in [0.3, 0.4) is 0 Å². The van der Waals surface area contributed by atoms with E-state index in [1.54, 1.807) is 46.0 Å². The van der Waals surface area contributed by atoms with Gasteiger partial charge < -0.3 is 9.64 Å². The van der Waals surface area contributed by atoms with E-state index >= 15 is 0 Å². The normalized spacial score (nSPS) is 19.0. The molecule has 0 unspecified atom stereocenters. The van der Waals surface area contributed by atoms with E-state index < -0.39 is 21.7 Å². The van der Waals surface area contributed by atoms with Gasteiger partial charge in [0.2, 0.25) is 10.0 Å². The third kappa shape index (κ3) is 5.98. The number of hydrogen-bond acceptors (Lipinski definition) is 4. The maximum Gasteiger partial charge on any atom is 0.410 e. The Hall–Kier alpha value is -1.02. The van der Waals surface area contributed by atoms with Gasteiger partial charge in [-0.05, 0) is 45.7 Å². The van der Waals surface area contributed by atoms with Crippen LogP contribution in [0.15, 0.2) is 18.2 Å². The molecule has 1 aromatic rings. The number of rotatable bonds is 4. The van der Waals surface area contributed by atoms with E-state index in [0.29, 0.717) is 35.0 Å². The summed E-state index contributed by atoms with van der Waals surface area (Å²) in [6, 6.07) is 4.67. The molecule has 0 radical (unpaired) electrons. The summed E-state index contributed by atoms with van der Waals surface area (Å²) in [4.78, 5) is 13.8. The molecule has 1 aliphatic rings. The monoisotopic (exact) mass is 436 g/mol. The van der Waals surface area contributed by atoms with Gasteiger partial charge in [0.25, 0.3) is 0 Å². The summed E-state index contributed by atoms with van der Waals surface area (Å²) in [5, 5.41) is 0.649. The summed E-state index contributed by atoms with van der Waals surface area (Å²) in [5.41, 5.74) is -0.212. The number of ether oxygens (including phenoxy) is 1. The standard InChI is InChI=1S/C18H26Cl2N2O4S/c1-18(2,3)26-17(23)21(4)13-7-6-10-22(11-13)27(24,25)12-14-15(19)8-5-9-16(14)20/h5,8-9,13H,6-7,10-12H2,1-4H3/t13-/m1/s1. The van der Waals surface area contributed by atoms with Crippen LogP contribution in [0.2, 0.25) is 10.0 Å². The second-order valence-electron chi connectivity index (χ2n) is 7.70. The van der Waals surface area contributed by atoms with Crippen molar-refractivity contribution in [2.75, 3.05) is 20.1 Å². The van der Waals surface area contributed by atoms with Crippen molar-refractivity contribution in [3.05, 3.63) is 33.8 Å². The number of benzene rings is 1. The maximum atomic E-state index is 12.9. The number of carbonyl (C=O) groups excluding carboxylic acids is 1. The van der Waals surface area contributed by atoms with Crippen LogP contribution in [0.1, 0.15) is 39.2 Å². The molecule has 0 aliphatic carbocycles. The highest BCUT2D eigenvalue weighted by molar-refractivity contribution is 7.88. The predicted molar refractivity (Wildman–Crippen MR) is 108 cm³/mol. The molecule has 1 heterocycles. The molecule has 0 aromatic heterocycles. The molecule has 2 rings (SSSR count). The molecule has 1 aromatic carbocycles. The first kappa shape index (κ1) is 22.3. The third-order valence-electron chi connectivity index (χ3n) is 4.37. The molecule has 27 heavy (non-hydrogen) atoms. The minimum Gasteiger partial charge on any atom is -0.444 e. The summed E-state index contributed by atoms with van der Waals surface area (Å²) >= 11 is 12.2. The van der Waals surface area contributed by atoms with E-state index in [0.717, 1.165) is 0 Å². The number of sulfonamides is 1. The zero-order valence-electron chi connectivity index (χ0n) is 16.0. The molecular weight excluding hydrogens is 411 g/mol. The van der Waals surface area contributed by atoms with Crippen molar-refractivity contribution >= 4 is 39.3 Å². The highest BCUT2D eigenvalue weighted by atomic mass is 35.5. The summed E-state index contributed by atoms with van der Waals surface area (Å²) < 4.78 is 32.6. The molecular formula is C18H26Cl2N2O4S. The number of nitrogens with zero attached hydrogens (tertiary/aromatic N) is 2. The Bertz CT molecular complexity index is 773. The van der Waals surface area contributed by atoms with Crippen molar-refractivity contribution < 1.29 is 17.9 Å². The Labute approximate surface area is 171 Å². The SMILES string of the molecule is CN(C(=O)OC(C)(C)C)[C@@H]1CCCN(S(=O)(=O)Cc2c(Cl)cccc2Cl)C1. The Kier molecular flexibility index (Phi) is 7.06. The predicted octanol–water partition coefficient (Wildman–Crippen LogP) is 4.15. The van der Waals surface area contributed by atoms with E-state index in [1.165, 1.54) is 9.21 Å². The van der Waals surface area contributed by atoms with Gasteiger partial charge in [-0.2, -0.15) is 4.31 Å². The van der Waals surface area contributed by atoms with E-state index in [1.807, 2.05) is 0 Å². The Morgan fingerprint density at radius 1 is 1.30 bits per heavy atom. The summed E-state index contributed by atoms with van der Waals surface area (Å²) in [7, 11) is -1.98. The lowest BCUT2D eigenvalue weighted by molar-refractivity contribution is 0.0173. The van der Waals surface area contributed by atoms with E-state index in [-0.39, 0.29) is 18.3 Å². The van der Waals surface area contributed by atoms with E-state index in [4.69, 9.17) is 27.9 Å². The molecule has 1 aliphatic heterocycles. The van der Waals surface area contributed by atoms with Gasteiger partial charge in [-0.25, -0.2) is 13.2 Å². The van der Waals surface area contributed by atoms with Crippen molar-refractivity contribution in [2.24, 2.45) is 0 Å². The van der Waals surface area contributed by atoms with Gasteiger partial charge in [0.05, 0.1) is 5.75 Å². The smallest absolute Gasteiger partial charge is 0.410 e. The van der Waals surface area contributed by atoms with Gasteiger partial charge in [0.1, 0.15) is 5.60 Å². The fourth-order valence-corrected chi connectivity index (χ4v) is 5.27. The molecule has 0 spiro atoms. The molecule has 1 atom stereocenters. The van der Waals surface area contributed by atoms with Gasteiger partial charge in [-0.1, -0.05) is 29.3 Å². The number of piperidine rings is 1. The number of carbonyl (C=O) groups is 1. The topological polar surface area (TPSA) is 66.9 Å². The van der Waals surface area contributed by atoms with Crippen LogP contribution in [-0.4, -0.2) is 55.5 Å². The molecule has 1 fully saturated rings. The number of hydrogen-bond donors (Lipinski definition) is 0. The van der Waals surface area contributed by atoms with Gasteiger partial charge in [-0.15, -0.1) is 0 Å². The molecule has 1 saturated heterocycles. The zero-order chi connectivity index (χ0) is 20.4.